The van der Waals surface area contributed by atoms with Crippen molar-refractivity contribution in [2.75, 3.05) is 5.73 Å². The molecule has 52 heavy (non-hydrogen) atoms. The number of carbonyl (C=O) groups excluding carboxylic acids is 5. The van der Waals surface area contributed by atoms with Crippen LogP contribution < -0.4 is 37.7 Å². The molecule has 18 nitrogen and oxygen atoms in total. The van der Waals surface area contributed by atoms with Crippen molar-refractivity contribution in [2.45, 2.75) is 56.8 Å². The van der Waals surface area contributed by atoms with Gasteiger partial charge in [0.15, 0.2) is 0 Å². The van der Waals surface area contributed by atoms with Crippen LogP contribution in [0.1, 0.15) is 35.6 Å². The summed E-state index contributed by atoms with van der Waals surface area (Å²) in [5.74, 6) is -5.13. The summed E-state index contributed by atoms with van der Waals surface area (Å²) in [6.45, 7) is 1.10. The fraction of sp³-hybridized carbons (Fsp3) is 0.273. The SMILES string of the molecule is CC(Cc1ccc(CC(=O)O)cc1)(NC(=O)C(Cc1ccc(OP(=O)(O)O)cc1)NC(=O)OCc1cccc(N)c1)C(=O)NC(CC(N)=O)C(N)=O. The smallest absolute Gasteiger partial charge is 0.481 e. The number of alkyl carbamates (subject to hydrolysis) is 1. The van der Waals surface area contributed by atoms with E-state index < -0.39 is 67.6 Å². The number of phosphoric acid groups is 1. The highest BCUT2D eigenvalue weighted by molar-refractivity contribution is 7.46. The number of carbonyl (C=O) groups is 6. The standard InChI is InChI=1S/C33H39N6O12P/c1-33(31(45)37-25(29(36)43)16-27(35)40,17-21-7-5-20(6-8-21)15-28(41)42)39-30(44)26(14-19-9-11-24(12-10-19)51-52(47,48)49)38-32(46)50-18-22-3-2-4-23(34)13-22/h2-13,25-26H,14-18,34H2,1H3,(H2,35,40)(H2,36,43)(H,37,45)(H,38,46)(H,39,44)(H,41,42)(H2,47,48,49). The molecule has 0 aliphatic heterocycles. The number of ether oxygens (including phenoxy) is 1. The zero-order chi connectivity index (χ0) is 38.6. The van der Waals surface area contributed by atoms with Crippen LogP contribution >= 0.6 is 7.82 Å². The lowest BCUT2D eigenvalue weighted by Gasteiger charge is -2.33. The zero-order valence-corrected chi connectivity index (χ0v) is 28.7. The molecule has 12 N–H and O–H groups in total. The Morgan fingerprint density at radius 2 is 1.46 bits per heavy atom. The van der Waals surface area contributed by atoms with Gasteiger partial charge in [0.25, 0.3) is 0 Å². The van der Waals surface area contributed by atoms with E-state index in [1.807, 2.05) is 0 Å². The number of carboxylic acids is 1. The molecule has 0 fully saturated rings. The molecule has 278 valence electrons. The molecular formula is C33H39N6O12P. The van der Waals surface area contributed by atoms with Gasteiger partial charge in [0.2, 0.25) is 23.6 Å². The molecule has 3 unspecified atom stereocenters. The van der Waals surface area contributed by atoms with Gasteiger partial charge in [-0.15, -0.1) is 0 Å². The van der Waals surface area contributed by atoms with Crippen molar-refractivity contribution in [2.24, 2.45) is 11.5 Å². The third-order valence-corrected chi connectivity index (χ3v) is 7.86. The number of hydrogen-bond acceptors (Lipinski definition) is 10. The Balaban J connectivity index is 1.94. The number of hydrogen-bond donors (Lipinski definition) is 9. The third-order valence-electron chi connectivity index (χ3n) is 7.41. The molecule has 0 aromatic heterocycles. The van der Waals surface area contributed by atoms with E-state index in [4.69, 9.17) is 36.8 Å². The Bertz CT molecular complexity index is 1830. The molecule has 0 spiro atoms. The van der Waals surface area contributed by atoms with E-state index in [1.165, 1.54) is 55.5 Å². The van der Waals surface area contributed by atoms with Gasteiger partial charge in [-0.05, 0) is 53.4 Å². The van der Waals surface area contributed by atoms with Gasteiger partial charge in [-0.2, -0.15) is 0 Å². The summed E-state index contributed by atoms with van der Waals surface area (Å²) in [5, 5.41) is 16.5. The van der Waals surface area contributed by atoms with Crippen LogP contribution in [0.3, 0.4) is 0 Å². The second-order valence-corrected chi connectivity index (χ2v) is 13.1. The highest BCUT2D eigenvalue weighted by atomic mass is 31.2. The minimum atomic E-state index is -4.86. The van der Waals surface area contributed by atoms with Gasteiger partial charge in [0.1, 0.15) is 30.0 Å². The quantitative estimate of drug-likeness (QED) is 0.0621. The average molecular weight is 743 g/mol. The van der Waals surface area contributed by atoms with Crippen LogP contribution in [0.5, 0.6) is 5.75 Å². The van der Waals surface area contributed by atoms with Gasteiger partial charge in [0.05, 0.1) is 12.8 Å². The molecule has 0 saturated carbocycles. The summed E-state index contributed by atoms with van der Waals surface area (Å²) >= 11 is 0. The minimum absolute atomic E-state index is 0.175. The molecule has 3 aromatic carbocycles. The van der Waals surface area contributed by atoms with Crippen LogP contribution in [0.4, 0.5) is 10.5 Å². The number of carboxylic acid groups (broad SMARTS) is 1. The first-order valence-corrected chi connectivity index (χ1v) is 17.0. The number of nitrogens with one attached hydrogen (secondary N) is 3. The Kier molecular flexibility index (Phi) is 13.8. The summed E-state index contributed by atoms with van der Waals surface area (Å²) in [6, 6.07) is 14.9. The van der Waals surface area contributed by atoms with Gasteiger partial charge >= 0.3 is 19.9 Å². The number of nitrogens with two attached hydrogens (primary N) is 3. The highest BCUT2D eigenvalue weighted by Crippen LogP contribution is 2.37. The number of rotatable bonds is 18. The summed E-state index contributed by atoms with van der Waals surface area (Å²) in [6.07, 6.45) is -2.40. The molecule has 3 aromatic rings. The van der Waals surface area contributed by atoms with Crippen LogP contribution in [0.25, 0.3) is 0 Å². The molecule has 0 aliphatic carbocycles. The number of phosphoric ester groups is 1. The molecule has 0 heterocycles. The summed E-state index contributed by atoms with van der Waals surface area (Å²) in [4.78, 5) is 93.8. The maximum absolute atomic E-state index is 14.0. The monoisotopic (exact) mass is 742 g/mol. The van der Waals surface area contributed by atoms with Crippen molar-refractivity contribution >= 4 is 49.2 Å². The first-order chi connectivity index (χ1) is 24.3. The summed E-state index contributed by atoms with van der Waals surface area (Å²) < 4.78 is 21.1. The first kappa shape index (κ1) is 40.5. The molecule has 19 heteroatoms. The Morgan fingerprint density at radius 3 is 2.02 bits per heavy atom. The summed E-state index contributed by atoms with van der Waals surface area (Å²) in [7, 11) is -4.86. The van der Waals surface area contributed by atoms with Crippen LogP contribution in [-0.2, 0) is 59.1 Å². The zero-order valence-electron chi connectivity index (χ0n) is 27.8. The Hall–Kier alpha value is -5.97. The van der Waals surface area contributed by atoms with E-state index in [1.54, 1.807) is 24.3 Å². The number of aliphatic carboxylic acids is 1. The number of primary amides is 2. The van der Waals surface area contributed by atoms with Gasteiger partial charge < -0.3 is 47.5 Å². The van der Waals surface area contributed by atoms with Crippen molar-refractivity contribution < 1.29 is 57.5 Å². The number of benzene rings is 3. The van der Waals surface area contributed by atoms with Crippen LogP contribution in [0, 0.1) is 0 Å². The lowest BCUT2D eigenvalue weighted by Crippen LogP contribution is -2.64. The topological polar surface area (TPSA) is 313 Å². The van der Waals surface area contributed by atoms with Crippen molar-refractivity contribution in [1.82, 2.24) is 16.0 Å². The number of amides is 5. The maximum Gasteiger partial charge on any atom is 0.524 e. The first-order valence-electron chi connectivity index (χ1n) is 15.4. The highest BCUT2D eigenvalue weighted by Gasteiger charge is 2.39. The molecule has 5 amide bonds. The Labute approximate surface area is 297 Å². The van der Waals surface area contributed by atoms with Crippen molar-refractivity contribution in [3.63, 3.8) is 0 Å². The normalized spacial score (nSPS) is 13.4. The largest absolute Gasteiger partial charge is 0.524 e. The van der Waals surface area contributed by atoms with E-state index in [9.17, 15) is 33.3 Å². The maximum atomic E-state index is 14.0. The van der Waals surface area contributed by atoms with Crippen molar-refractivity contribution in [1.29, 1.82) is 0 Å². The summed E-state index contributed by atoms with van der Waals surface area (Å²) in [5.41, 5.74) is 16.8. The van der Waals surface area contributed by atoms with E-state index in [-0.39, 0.29) is 31.6 Å². The minimum Gasteiger partial charge on any atom is -0.481 e. The molecule has 0 aliphatic rings. The van der Waals surface area contributed by atoms with Crippen molar-refractivity contribution in [3.8, 4) is 5.75 Å². The van der Waals surface area contributed by atoms with E-state index in [0.717, 1.165) is 0 Å². The van der Waals surface area contributed by atoms with E-state index in [2.05, 4.69) is 20.5 Å². The molecule has 0 saturated heterocycles. The lowest BCUT2D eigenvalue weighted by atomic mass is 9.89. The number of nitrogen functional groups attached to an aromatic ring is 1. The molecule has 3 rings (SSSR count). The van der Waals surface area contributed by atoms with Gasteiger partial charge in [-0.25, -0.2) is 9.36 Å². The fourth-order valence-electron chi connectivity index (χ4n) is 4.92. The van der Waals surface area contributed by atoms with E-state index >= 15 is 0 Å². The predicted molar refractivity (Wildman–Crippen MR) is 184 cm³/mol. The second-order valence-electron chi connectivity index (χ2n) is 11.9. The van der Waals surface area contributed by atoms with Crippen LogP contribution in [0.15, 0.2) is 72.8 Å². The fourth-order valence-corrected chi connectivity index (χ4v) is 5.32. The third kappa shape index (κ3) is 13.4. The van der Waals surface area contributed by atoms with Gasteiger partial charge in [0, 0.05) is 18.5 Å². The molecule has 3 atom stereocenters. The van der Waals surface area contributed by atoms with Gasteiger partial charge in [-0.1, -0.05) is 48.5 Å². The van der Waals surface area contributed by atoms with E-state index in [0.29, 0.717) is 27.9 Å². The van der Waals surface area contributed by atoms with Crippen molar-refractivity contribution in [3.05, 3.63) is 95.1 Å². The second kappa shape index (κ2) is 17.8. The predicted octanol–water partition coefficient (Wildman–Crippen LogP) is 0.168. The van der Waals surface area contributed by atoms with Crippen LogP contribution in [-0.4, -0.2) is 68.2 Å². The molecular weight excluding hydrogens is 703 g/mol. The molecule has 0 radical (unpaired) electrons. The van der Waals surface area contributed by atoms with Crippen LogP contribution in [0.2, 0.25) is 0 Å². The Morgan fingerprint density at radius 1 is 0.846 bits per heavy atom. The molecule has 0 bridgehead atoms. The lowest BCUT2D eigenvalue weighted by molar-refractivity contribution is -0.136. The number of anilines is 1. The van der Waals surface area contributed by atoms with Gasteiger partial charge in [-0.3, -0.25) is 33.8 Å². The average Bonchev–Trinajstić information content (AvgIpc) is 3.03.